The summed E-state index contributed by atoms with van der Waals surface area (Å²) in [5, 5.41) is 9.89. The maximum Gasteiger partial charge on any atom is 0.00137 e. The third-order valence-electron chi connectivity index (χ3n) is 11.4. The molecule has 0 fully saturated rings. The molecule has 0 aliphatic rings. The third-order valence-corrected chi connectivity index (χ3v) is 20.2. The zero-order valence-corrected chi connectivity index (χ0v) is 38.5. The fraction of sp³-hybridized carbons (Fsp3) is 0.0690. The summed E-state index contributed by atoms with van der Waals surface area (Å²) in [4.78, 5) is 0. The molecule has 0 heterocycles. The quantitative estimate of drug-likeness (QED) is 0.0849. The molecule has 4 heteroatoms. The van der Waals surface area contributed by atoms with Crippen molar-refractivity contribution in [2.24, 2.45) is 0 Å². The minimum absolute atomic E-state index is 0.670. The average Bonchev–Trinajstić information content (AvgIpc) is 3.35. The summed E-state index contributed by atoms with van der Waals surface area (Å²) in [5.74, 6) is 0. The molecule has 1 unspecified atom stereocenters. The standard InChI is InChI=1S/C58H50P4/c1-8-28-50(29-9-1)59-42-46-24-22-25-47(43-60(51-30-10-2-11-31-51)52-32-12-3-13-33-52)57(46)58-48(44-61(53-34-14-4-15-35-53)54-36-16-5-17-37-54)26-23-27-49(58)45-62(55-38-18-6-19-39-55)56-40-20-7-21-41-56/h1-41,59H,42-45H2. The predicted molar refractivity (Wildman–Crippen MR) is 278 cm³/mol. The topological polar surface area (TPSA) is 0 Å². The lowest BCUT2D eigenvalue weighted by Gasteiger charge is -2.28. The van der Waals surface area contributed by atoms with Gasteiger partial charge in [0.05, 0.1) is 0 Å². The molecular weight excluding hydrogens is 821 g/mol. The zero-order chi connectivity index (χ0) is 41.8. The fourth-order valence-electron chi connectivity index (χ4n) is 8.40. The molecule has 9 aromatic rings. The van der Waals surface area contributed by atoms with E-state index >= 15 is 0 Å². The first-order valence-electron chi connectivity index (χ1n) is 21.4. The Bertz CT molecular complexity index is 2530. The van der Waals surface area contributed by atoms with Crippen molar-refractivity contribution in [3.05, 3.63) is 271 Å². The second kappa shape index (κ2) is 21.2. The molecule has 0 spiro atoms. The second-order valence-electron chi connectivity index (χ2n) is 15.4. The summed E-state index contributed by atoms with van der Waals surface area (Å²) >= 11 is 0. The first-order valence-corrected chi connectivity index (χ1v) is 27.2. The summed E-state index contributed by atoms with van der Waals surface area (Å²) in [7, 11) is -1.41. The Labute approximate surface area is 374 Å². The molecular formula is C58H50P4. The number of rotatable bonds is 16. The minimum Gasteiger partial charge on any atom is -0.0859 e. The lowest BCUT2D eigenvalue weighted by atomic mass is 9.89. The van der Waals surface area contributed by atoms with Crippen molar-refractivity contribution < 1.29 is 0 Å². The number of hydrogen-bond donors (Lipinski definition) is 0. The van der Waals surface area contributed by atoms with E-state index in [9.17, 15) is 0 Å². The summed E-state index contributed by atoms with van der Waals surface area (Å²) < 4.78 is 0. The molecule has 0 N–H and O–H groups in total. The van der Waals surface area contributed by atoms with Gasteiger partial charge in [-0.3, -0.25) is 0 Å². The van der Waals surface area contributed by atoms with Crippen LogP contribution < -0.4 is 37.1 Å². The van der Waals surface area contributed by atoms with Crippen LogP contribution in [-0.2, 0) is 24.6 Å². The first-order chi connectivity index (χ1) is 30.8. The van der Waals surface area contributed by atoms with Crippen molar-refractivity contribution in [1.29, 1.82) is 0 Å². The van der Waals surface area contributed by atoms with Gasteiger partial charge < -0.3 is 0 Å². The van der Waals surface area contributed by atoms with Crippen LogP contribution in [0.2, 0.25) is 0 Å². The molecule has 0 aliphatic carbocycles. The van der Waals surface area contributed by atoms with E-state index in [2.05, 4.69) is 249 Å². The lowest BCUT2D eigenvalue weighted by Crippen LogP contribution is -2.16. The summed E-state index contributed by atoms with van der Waals surface area (Å²) in [6, 6.07) is 93.2. The van der Waals surface area contributed by atoms with Crippen LogP contribution in [0.3, 0.4) is 0 Å². The van der Waals surface area contributed by atoms with E-state index < -0.39 is 23.8 Å². The third kappa shape index (κ3) is 10.3. The maximum absolute atomic E-state index is 2.46. The van der Waals surface area contributed by atoms with Crippen LogP contribution in [0.5, 0.6) is 0 Å². The van der Waals surface area contributed by atoms with Gasteiger partial charge in [-0.2, -0.15) is 0 Å². The van der Waals surface area contributed by atoms with Crippen LogP contribution in [0.25, 0.3) is 11.1 Å². The van der Waals surface area contributed by atoms with E-state index in [-0.39, 0.29) is 0 Å². The van der Waals surface area contributed by atoms with E-state index in [4.69, 9.17) is 0 Å². The Kier molecular flexibility index (Phi) is 14.4. The molecule has 62 heavy (non-hydrogen) atoms. The van der Waals surface area contributed by atoms with E-state index in [1.807, 2.05) is 0 Å². The molecule has 0 nitrogen and oxygen atoms in total. The van der Waals surface area contributed by atoms with Crippen molar-refractivity contribution in [1.82, 2.24) is 0 Å². The zero-order valence-electron chi connectivity index (χ0n) is 34.8. The molecule has 0 aromatic heterocycles. The highest BCUT2D eigenvalue weighted by Crippen LogP contribution is 2.49. The summed E-state index contributed by atoms with van der Waals surface area (Å²) in [6.07, 6.45) is 3.88. The van der Waals surface area contributed by atoms with Crippen LogP contribution in [0.4, 0.5) is 0 Å². The minimum atomic E-state index is -0.695. The van der Waals surface area contributed by atoms with Crippen molar-refractivity contribution in [2.75, 3.05) is 0 Å². The highest BCUT2D eigenvalue weighted by molar-refractivity contribution is 7.73. The molecule has 0 saturated heterocycles. The highest BCUT2D eigenvalue weighted by atomic mass is 31.1. The van der Waals surface area contributed by atoms with Gasteiger partial charge in [0, 0.05) is 18.5 Å². The molecule has 9 aromatic carbocycles. The van der Waals surface area contributed by atoms with Crippen LogP contribution in [0.1, 0.15) is 22.3 Å². The van der Waals surface area contributed by atoms with Gasteiger partial charge in [-0.15, -0.1) is 0 Å². The number of hydrogen-bond acceptors (Lipinski definition) is 0. The fourth-order valence-corrected chi connectivity index (χ4v) is 16.5. The van der Waals surface area contributed by atoms with Crippen molar-refractivity contribution in [3.63, 3.8) is 0 Å². The Morgan fingerprint density at radius 2 is 0.484 bits per heavy atom. The second-order valence-corrected chi connectivity index (χ2v) is 23.3. The van der Waals surface area contributed by atoms with Gasteiger partial charge in [0.1, 0.15) is 0 Å². The van der Waals surface area contributed by atoms with Gasteiger partial charge in [0.25, 0.3) is 0 Å². The predicted octanol–water partition coefficient (Wildman–Crippen LogP) is 12.8. The lowest BCUT2D eigenvalue weighted by molar-refractivity contribution is 1.26. The average molecular weight is 871 g/mol. The van der Waals surface area contributed by atoms with Crippen molar-refractivity contribution in [3.8, 4) is 11.1 Å². The van der Waals surface area contributed by atoms with Gasteiger partial charge in [0.2, 0.25) is 0 Å². The molecule has 0 bridgehead atoms. The van der Waals surface area contributed by atoms with Crippen LogP contribution in [-0.4, -0.2) is 0 Å². The molecule has 0 amide bonds. The highest BCUT2D eigenvalue weighted by Gasteiger charge is 2.26. The summed E-state index contributed by atoms with van der Waals surface area (Å²) in [6.45, 7) is 0. The summed E-state index contributed by atoms with van der Waals surface area (Å²) in [5.41, 5.74) is 8.68. The van der Waals surface area contributed by atoms with E-state index in [1.165, 1.54) is 70.5 Å². The Morgan fingerprint density at radius 3 is 0.774 bits per heavy atom. The van der Waals surface area contributed by atoms with E-state index in [0.29, 0.717) is 8.58 Å². The molecule has 0 saturated carbocycles. The maximum atomic E-state index is 2.46. The molecule has 1 atom stereocenters. The first kappa shape index (κ1) is 42.0. The molecule has 9 rings (SSSR count). The smallest absolute Gasteiger partial charge is 0.00137 e. The van der Waals surface area contributed by atoms with Gasteiger partial charge in [-0.1, -0.05) is 257 Å². The van der Waals surface area contributed by atoms with Crippen molar-refractivity contribution >= 4 is 69.5 Å². The Morgan fingerprint density at radius 1 is 0.242 bits per heavy atom. The van der Waals surface area contributed by atoms with Gasteiger partial charge in [0.15, 0.2) is 0 Å². The van der Waals surface area contributed by atoms with E-state index in [0.717, 1.165) is 24.6 Å². The number of benzene rings is 9. The van der Waals surface area contributed by atoms with Crippen LogP contribution in [0, 0.1) is 0 Å². The molecule has 0 aliphatic heterocycles. The van der Waals surface area contributed by atoms with Crippen LogP contribution in [0.15, 0.2) is 249 Å². The molecule has 0 radical (unpaired) electrons. The largest absolute Gasteiger partial charge is 0.0859 e. The van der Waals surface area contributed by atoms with Crippen LogP contribution >= 0.6 is 32.3 Å². The van der Waals surface area contributed by atoms with Gasteiger partial charge in [-0.25, -0.2) is 0 Å². The van der Waals surface area contributed by atoms with Gasteiger partial charge >= 0.3 is 0 Å². The monoisotopic (exact) mass is 870 g/mol. The van der Waals surface area contributed by atoms with E-state index in [1.54, 1.807) is 0 Å². The molecule has 302 valence electrons. The Balaban J connectivity index is 1.27. The Hall–Kier alpha value is -5.30. The van der Waals surface area contributed by atoms with Crippen molar-refractivity contribution in [2.45, 2.75) is 24.6 Å². The van der Waals surface area contributed by atoms with Gasteiger partial charge in [-0.05, 0) is 100 Å². The normalized spacial score (nSPS) is 11.5. The SMILES string of the molecule is c1ccc(PCc2cccc(CP(c3ccccc3)c3ccccc3)c2-c2c(CP(c3ccccc3)c3ccccc3)cccc2CP(c2ccccc2)c2ccccc2)cc1.